The van der Waals surface area contributed by atoms with Gasteiger partial charge in [-0.3, -0.25) is 4.79 Å². The lowest BCUT2D eigenvalue weighted by atomic mass is 9.75. The quantitative estimate of drug-likeness (QED) is 0.776. The molecule has 1 aromatic heterocycles. The number of hydrogen-bond donors (Lipinski definition) is 1. The zero-order chi connectivity index (χ0) is 21.6. The van der Waals surface area contributed by atoms with Gasteiger partial charge in [-0.05, 0) is 31.0 Å². The van der Waals surface area contributed by atoms with Crippen molar-refractivity contribution >= 4 is 35.2 Å². The number of piperidine rings is 1. The van der Waals surface area contributed by atoms with E-state index in [9.17, 15) is 9.59 Å². The number of para-hydroxylation sites is 1. The highest BCUT2D eigenvalue weighted by molar-refractivity contribution is 6.33. The second kappa shape index (κ2) is 7.67. The number of benzene rings is 1. The second-order valence-electron chi connectivity index (χ2n) is 8.56. The summed E-state index contributed by atoms with van der Waals surface area (Å²) in [6, 6.07) is 8.86. The van der Waals surface area contributed by atoms with Crippen LogP contribution in [0.5, 0.6) is 0 Å². The van der Waals surface area contributed by atoms with Gasteiger partial charge in [-0.1, -0.05) is 23.7 Å². The van der Waals surface area contributed by atoms with Gasteiger partial charge in [0.1, 0.15) is 0 Å². The molecule has 4 heterocycles. The second-order valence-corrected chi connectivity index (χ2v) is 8.97. The SMILES string of the molecule is CN1C(=O)[C@@H]2CN(c3ncccn3)C[C@@H]2C12CCN(C(=O)Nc1ccccc1Cl)CC2. The molecule has 3 saturated heterocycles. The summed E-state index contributed by atoms with van der Waals surface area (Å²) in [6.45, 7) is 2.60. The van der Waals surface area contributed by atoms with Crippen LogP contribution in [0.3, 0.4) is 0 Å². The third-order valence-corrected chi connectivity index (χ3v) is 7.52. The van der Waals surface area contributed by atoms with Crippen LogP contribution in [0.4, 0.5) is 16.4 Å². The van der Waals surface area contributed by atoms with Crippen molar-refractivity contribution in [1.82, 2.24) is 19.8 Å². The molecular weight excluding hydrogens is 416 g/mol. The van der Waals surface area contributed by atoms with Gasteiger partial charge in [0, 0.05) is 51.5 Å². The highest BCUT2D eigenvalue weighted by atomic mass is 35.5. The Morgan fingerprint density at radius 1 is 1.13 bits per heavy atom. The largest absolute Gasteiger partial charge is 0.340 e. The van der Waals surface area contributed by atoms with Gasteiger partial charge in [0.15, 0.2) is 0 Å². The minimum atomic E-state index is -0.230. The van der Waals surface area contributed by atoms with Crippen molar-refractivity contribution < 1.29 is 9.59 Å². The topological polar surface area (TPSA) is 81.7 Å². The maximum Gasteiger partial charge on any atom is 0.321 e. The summed E-state index contributed by atoms with van der Waals surface area (Å²) in [5.41, 5.74) is 0.379. The molecule has 0 unspecified atom stereocenters. The Bertz CT molecular complexity index is 995. The summed E-state index contributed by atoms with van der Waals surface area (Å²) in [4.78, 5) is 40.5. The van der Waals surface area contributed by atoms with E-state index in [1.54, 1.807) is 30.6 Å². The molecule has 1 spiro atoms. The zero-order valence-electron chi connectivity index (χ0n) is 17.4. The van der Waals surface area contributed by atoms with Crippen molar-refractivity contribution in [2.75, 3.05) is 43.4 Å². The fourth-order valence-electron chi connectivity index (χ4n) is 5.49. The fraction of sp³-hybridized carbons (Fsp3) is 0.455. The fourth-order valence-corrected chi connectivity index (χ4v) is 5.68. The zero-order valence-corrected chi connectivity index (χ0v) is 18.1. The minimum absolute atomic E-state index is 0.0442. The molecule has 162 valence electrons. The smallest absolute Gasteiger partial charge is 0.321 e. The van der Waals surface area contributed by atoms with E-state index in [1.165, 1.54) is 0 Å². The number of rotatable bonds is 2. The van der Waals surface area contributed by atoms with Crippen molar-refractivity contribution in [1.29, 1.82) is 0 Å². The molecule has 2 aromatic rings. The Hall–Kier alpha value is -2.87. The van der Waals surface area contributed by atoms with Gasteiger partial charge in [0.25, 0.3) is 0 Å². The summed E-state index contributed by atoms with van der Waals surface area (Å²) >= 11 is 6.17. The first-order valence-electron chi connectivity index (χ1n) is 10.6. The van der Waals surface area contributed by atoms with Crippen LogP contribution in [0.2, 0.25) is 5.02 Å². The van der Waals surface area contributed by atoms with Gasteiger partial charge < -0.3 is 20.0 Å². The minimum Gasteiger partial charge on any atom is -0.340 e. The number of aromatic nitrogens is 2. The molecule has 1 aromatic carbocycles. The van der Waals surface area contributed by atoms with Crippen LogP contribution in [0.25, 0.3) is 0 Å². The Balaban J connectivity index is 1.29. The lowest BCUT2D eigenvalue weighted by Gasteiger charge is -2.46. The van der Waals surface area contributed by atoms with Crippen LogP contribution in [0.15, 0.2) is 42.7 Å². The average Bonchev–Trinajstić information content (AvgIpc) is 3.32. The van der Waals surface area contributed by atoms with E-state index >= 15 is 0 Å². The van der Waals surface area contributed by atoms with Crippen molar-refractivity contribution in [3.63, 3.8) is 0 Å². The first-order valence-corrected chi connectivity index (χ1v) is 11.0. The number of likely N-dealkylation sites (tertiary alicyclic amines) is 2. The van der Waals surface area contributed by atoms with Crippen LogP contribution in [0.1, 0.15) is 12.8 Å². The maximum absolute atomic E-state index is 13.1. The van der Waals surface area contributed by atoms with Gasteiger partial charge in [-0.2, -0.15) is 0 Å². The molecule has 0 radical (unpaired) electrons. The third kappa shape index (κ3) is 3.29. The summed E-state index contributed by atoms with van der Waals surface area (Å²) in [6.07, 6.45) is 4.98. The highest BCUT2D eigenvalue weighted by Crippen LogP contribution is 2.49. The first kappa shape index (κ1) is 20.1. The molecular formula is C22H25ClN6O2. The van der Waals surface area contributed by atoms with E-state index in [4.69, 9.17) is 11.6 Å². The lowest BCUT2D eigenvalue weighted by Crippen LogP contribution is -2.57. The molecule has 2 atom stereocenters. The molecule has 9 heteroatoms. The van der Waals surface area contributed by atoms with Crippen LogP contribution < -0.4 is 10.2 Å². The Labute approximate surface area is 186 Å². The van der Waals surface area contributed by atoms with Gasteiger partial charge in [-0.25, -0.2) is 14.8 Å². The predicted octanol–water partition coefficient (Wildman–Crippen LogP) is 2.72. The number of fused-ring (bicyclic) bond motifs is 2. The number of halogens is 1. The Morgan fingerprint density at radius 2 is 1.84 bits per heavy atom. The molecule has 3 aliphatic heterocycles. The predicted molar refractivity (Wildman–Crippen MR) is 118 cm³/mol. The van der Waals surface area contributed by atoms with Gasteiger partial charge in [-0.15, -0.1) is 0 Å². The number of nitrogens with zero attached hydrogens (tertiary/aromatic N) is 5. The van der Waals surface area contributed by atoms with Crippen molar-refractivity contribution in [2.45, 2.75) is 18.4 Å². The normalized spacial score (nSPS) is 24.6. The van der Waals surface area contributed by atoms with E-state index < -0.39 is 0 Å². The molecule has 3 fully saturated rings. The first-order chi connectivity index (χ1) is 15.0. The number of hydrogen-bond acceptors (Lipinski definition) is 5. The number of nitrogens with one attached hydrogen (secondary N) is 1. The van der Waals surface area contributed by atoms with Crippen LogP contribution in [-0.2, 0) is 4.79 Å². The molecule has 8 nitrogen and oxygen atoms in total. The van der Waals surface area contributed by atoms with Gasteiger partial charge in [0.2, 0.25) is 11.9 Å². The number of amides is 3. The van der Waals surface area contributed by atoms with Crippen LogP contribution >= 0.6 is 11.6 Å². The molecule has 1 N–H and O–H groups in total. The van der Waals surface area contributed by atoms with Crippen LogP contribution in [0, 0.1) is 11.8 Å². The van der Waals surface area contributed by atoms with E-state index in [0.29, 0.717) is 36.3 Å². The number of urea groups is 1. The van der Waals surface area contributed by atoms with E-state index in [2.05, 4.69) is 20.2 Å². The lowest BCUT2D eigenvalue weighted by molar-refractivity contribution is -0.133. The number of carbonyl (C=O) groups is 2. The Kier molecular flexibility index (Phi) is 4.97. The summed E-state index contributed by atoms with van der Waals surface area (Å²) in [7, 11) is 1.92. The van der Waals surface area contributed by atoms with Gasteiger partial charge >= 0.3 is 6.03 Å². The van der Waals surface area contributed by atoms with E-state index in [0.717, 1.165) is 19.4 Å². The van der Waals surface area contributed by atoms with Crippen molar-refractivity contribution in [3.05, 3.63) is 47.7 Å². The number of carbonyl (C=O) groups excluding carboxylic acids is 2. The molecule has 3 amide bonds. The average molecular weight is 441 g/mol. The molecule has 0 saturated carbocycles. The van der Waals surface area contributed by atoms with Gasteiger partial charge in [0.05, 0.1) is 22.2 Å². The monoisotopic (exact) mass is 440 g/mol. The summed E-state index contributed by atoms with van der Waals surface area (Å²) < 4.78 is 0. The maximum atomic E-state index is 13.1. The van der Waals surface area contributed by atoms with Crippen LogP contribution in [-0.4, -0.2) is 70.5 Å². The summed E-state index contributed by atoms with van der Waals surface area (Å²) in [5.74, 6) is 1.04. The van der Waals surface area contributed by atoms with Crippen molar-refractivity contribution in [3.8, 4) is 0 Å². The third-order valence-electron chi connectivity index (χ3n) is 7.19. The molecule has 31 heavy (non-hydrogen) atoms. The molecule has 0 bridgehead atoms. The van der Waals surface area contributed by atoms with E-state index in [1.807, 2.05) is 29.0 Å². The molecule has 3 aliphatic rings. The standard InChI is InChI=1S/C22H25ClN6O2/c1-27-19(30)15-13-29(20-24-9-4-10-25-20)14-16(15)22(27)7-11-28(12-8-22)21(31)26-18-6-3-2-5-17(18)23/h2-6,9-10,15-16H,7-8,11-14H2,1H3,(H,26,31)/t15-,16+/m1/s1. The summed E-state index contributed by atoms with van der Waals surface area (Å²) in [5, 5.41) is 3.42. The Morgan fingerprint density at radius 3 is 2.55 bits per heavy atom. The molecule has 0 aliphatic carbocycles. The van der Waals surface area contributed by atoms with E-state index in [-0.39, 0.29) is 29.3 Å². The number of anilines is 2. The van der Waals surface area contributed by atoms with Crippen molar-refractivity contribution in [2.24, 2.45) is 11.8 Å². The molecule has 5 rings (SSSR count). The highest BCUT2D eigenvalue weighted by Gasteiger charge is 2.61.